The number of aliphatic hydroxyl groups is 2. The van der Waals surface area contributed by atoms with Crippen LogP contribution in [0.5, 0.6) is 0 Å². The summed E-state index contributed by atoms with van der Waals surface area (Å²) < 4.78 is 0. The number of nitrogens with two attached hydrogens (primary N) is 1. The smallest absolute Gasteiger partial charge is 0.313 e. The lowest BCUT2D eigenvalue weighted by Crippen LogP contribution is -2.62. The molecule has 0 aliphatic heterocycles. The Kier molecular flexibility index (Phi) is 11.2. The minimum atomic E-state index is -1.35. The Bertz CT molecular complexity index is 437. The van der Waals surface area contributed by atoms with Gasteiger partial charge in [0.05, 0.1) is 13.2 Å². The van der Waals surface area contributed by atoms with Gasteiger partial charge in [-0.3, -0.25) is 19.2 Å². The van der Waals surface area contributed by atoms with Gasteiger partial charge >= 0.3 is 11.8 Å². The molecule has 24 heavy (non-hydrogen) atoms. The summed E-state index contributed by atoms with van der Waals surface area (Å²) in [7, 11) is 0. The zero-order valence-electron chi connectivity index (χ0n) is 12.8. The van der Waals surface area contributed by atoms with Crippen molar-refractivity contribution in [3.8, 4) is 0 Å². The second kappa shape index (κ2) is 11.9. The van der Waals surface area contributed by atoms with Crippen LogP contribution < -0.4 is 16.4 Å². The molecule has 0 aliphatic rings. The highest BCUT2D eigenvalue weighted by molar-refractivity contribution is 7.80. The normalized spacial score (nSPS) is 12.8. The third-order valence-corrected chi connectivity index (χ3v) is 3.58. The molecule has 12 heteroatoms. The van der Waals surface area contributed by atoms with Gasteiger partial charge in [0, 0.05) is 24.6 Å². The van der Waals surface area contributed by atoms with Crippen molar-refractivity contribution < 1.29 is 29.4 Å². The number of aliphatic hydroxyl groups excluding tert-OH is 2. The molecule has 0 aromatic rings. The van der Waals surface area contributed by atoms with E-state index in [2.05, 4.69) is 35.9 Å². The number of thiol groups is 2. The van der Waals surface area contributed by atoms with Crippen LogP contribution in [0.15, 0.2) is 0 Å². The van der Waals surface area contributed by atoms with Crippen LogP contribution >= 0.6 is 25.3 Å². The van der Waals surface area contributed by atoms with E-state index < -0.39 is 35.7 Å². The van der Waals surface area contributed by atoms with Crippen LogP contribution in [0.2, 0.25) is 0 Å². The average Bonchev–Trinajstić information content (AvgIpc) is 2.56. The number of rotatable bonds is 10. The van der Waals surface area contributed by atoms with Gasteiger partial charge in [0.1, 0.15) is 12.1 Å². The molecule has 2 atom stereocenters. The monoisotopic (exact) mass is 382 g/mol. The maximum atomic E-state index is 12.1. The molecule has 0 saturated heterocycles. The summed E-state index contributed by atoms with van der Waals surface area (Å²) in [5.74, 6) is -4.42. The van der Waals surface area contributed by atoms with E-state index in [1.165, 1.54) is 0 Å². The van der Waals surface area contributed by atoms with Gasteiger partial charge in [0.2, 0.25) is 11.8 Å². The first kappa shape index (κ1) is 22.5. The molecule has 0 aliphatic carbocycles. The van der Waals surface area contributed by atoms with E-state index in [9.17, 15) is 19.2 Å². The Morgan fingerprint density at radius 1 is 0.917 bits per heavy atom. The Hall–Kier alpha value is -1.50. The van der Waals surface area contributed by atoms with E-state index in [0.29, 0.717) is 4.90 Å². The van der Waals surface area contributed by atoms with Gasteiger partial charge in [-0.05, 0) is 0 Å². The predicted octanol–water partition coefficient (Wildman–Crippen LogP) is -3.89. The molecule has 0 fully saturated rings. The van der Waals surface area contributed by atoms with Crippen LogP contribution in [0.25, 0.3) is 0 Å². The molecular weight excluding hydrogens is 360 g/mol. The molecule has 0 aromatic heterocycles. The van der Waals surface area contributed by atoms with Crippen molar-refractivity contribution in [1.29, 1.82) is 0 Å². The fourth-order valence-electron chi connectivity index (χ4n) is 1.82. The number of nitrogens with zero attached hydrogens (tertiary/aromatic N) is 1. The fraction of sp³-hybridized carbons (Fsp3) is 0.667. The van der Waals surface area contributed by atoms with E-state index in [1.807, 2.05) is 0 Å². The molecule has 6 N–H and O–H groups in total. The topological polar surface area (TPSA) is 162 Å². The molecule has 4 amide bonds. The number of hydrogen-bond acceptors (Lipinski definition) is 8. The zero-order chi connectivity index (χ0) is 18.7. The highest BCUT2D eigenvalue weighted by atomic mass is 32.1. The van der Waals surface area contributed by atoms with Crippen LogP contribution in [0.1, 0.15) is 0 Å². The van der Waals surface area contributed by atoms with Gasteiger partial charge in [0.25, 0.3) is 0 Å². The van der Waals surface area contributed by atoms with Crippen LogP contribution in [-0.2, 0) is 19.2 Å². The number of amides is 4. The highest BCUT2D eigenvalue weighted by Gasteiger charge is 2.39. The predicted molar refractivity (Wildman–Crippen MR) is 91.5 cm³/mol. The maximum Gasteiger partial charge on any atom is 0.313 e. The Labute approximate surface area is 149 Å². The van der Waals surface area contributed by atoms with Crippen molar-refractivity contribution in [2.75, 3.05) is 37.8 Å². The van der Waals surface area contributed by atoms with Crippen LogP contribution in [0, 0.1) is 0 Å². The summed E-state index contributed by atoms with van der Waals surface area (Å²) in [6.45, 7) is -0.822. The average molecular weight is 382 g/mol. The largest absolute Gasteiger partial charge is 0.395 e. The van der Waals surface area contributed by atoms with Crippen molar-refractivity contribution in [2.24, 2.45) is 5.73 Å². The highest BCUT2D eigenvalue weighted by Crippen LogP contribution is 2.11. The van der Waals surface area contributed by atoms with Gasteiger partial charge in [-0.25, -0.2) is 0 Å². The summed E-state index contributed by atoms with van der Waals surface area (Å²) in [6.07, 6.45) is 0. The summed E-state index contributed by atoms with van der Waals surface area (Å²) >= 11 is 7.97. The van der Waals surface area contributed by atoms with Crippen molar-refractivity contribution in [1.82, 2.24) is 15.5 Å². The quantitative estimate of drug-likeness (QED) is 0.151. The summed E-state index contributed by atoms with van der Waals surface area (Å²) in [4.78, 5) is 48.4. The number of carbonyl (C=O) groups excluding carboxylic acids is 4. The Morgan fingerprint density at radius 2 is 1.29 bits per heavy atom. The lowest BCUT2D eigenvalue weighted by molar-refractivity contribution is -0.152. The number of primary amides is 1. The molecular formula is C12H22N4O6S2. The SMILES string of the molecule is NC(=O)C(=O)N(C(CS)C(=O)NCCO)C(CS)C(=O)NCCO. The molecule has 0 rings (SSSR count). The minimum absolute atomic E-state index is 0.0794. The lowest BCUT2D eigenvalue weighted by atomic mass is 10.1. The van der Waals surface area contributed by atoms with Gasteiger partial charge in [-0.15, -0.1) is 0 Å². The van der Waals surface area contributed by atoms with E-state index in [1.54, 1.807) is 0 Å². The number of hydrogen-bond donors (Lipinski definition) is 7. The van der Waals surface area contributed by atoms with Crippen molar-refractivity contribution in [3.63, 3.8) is 0 Å². The third-order valence-electron chi connectivity index (χ3n) is 2.89. The van der Waals surface area contributed by atoms with Crippen LogP contribution in [0.4, 0.5) is 0 Å². The van der Waals surface area contributed by atoms with Gasteiger partial charge in [0.15, 0.2) is 0 Å². The maximum absolute atomic E-state index is 12.1. The Balaban J connectivity index is 5.60. The zero-order valence-corrected chi connectivity index (χ0v) is 14.6. The van der Waals surface area contributed by atoms with E-state index >= 15 is 0 Å². The van der Waals surface area contributed by atoms with Gasteiger partial charge in [-0.1, -0.05) is 0 Å². The summed E-state index contributed by atoms with van der Waals surface area (Å²) in [5.41, 5.74) is 5.00. The van der Waals surface area contributed by atoms with Gasteiger partial charge < -0.3 is 31.5 Å². The first-order chi connectivity index (χ1) is 11.3. The molecule has 0 aromatic carbocycles. The van der Waals surface area contributed by atoms with Crippen molar-refractivity contribution in [2.45, 2.75) is 12.1 Å². The molecule has 0 saturated carbocycles. The molecule has 10 nitrogen and oxygen atoms in total. The molecule has 0 heterocycles. The van der Waals surface area contributed by atoms with Crippen LogP contribution in [0.3, 0.4) is 0 Å². The second-order valence-electron chi connectivity index (χ2n) is 4.50. The molecule has 0 spiro atoms. The van der Waals surface area contributed by atoms with Crippen molar-refractivity contribution >= 4 is 48.9 Å². The first-order valence-electron chi connectivity index (χ1n) is 6.96. The molecule has 0 radical (unpaired) electrons. The van der Waals surface area contributed by atoms with E-state index in [-0.39, 0.29) is 37.8 Å². The summed E-state index contributed by atoms with van der Waals surface area (Å²) in [5, 5.41) is 22.2. The fourth-order valence-corrected chi connectivity index (χ4v) is 2.50. The molecule has 2 unspecified atom stereocenters. The first-order valence-corrected chi connectivity index (χ1v) is 8.23. The van der Waals surface area contributed by atoms with Crippen molar-refractivity contribution in [3.05, 3.63) is 0 Å². The number of nitrogens with one attached hydrogen (secondary N) is 2. The molecule has 138 valence electrons. The van der Waals surface area contributed by atoms with Gasteiger partial charge in [-0.2, -0.15) is 25.3 Å². The minimum Gasteiger partial charge on any atom is -0.395 e. The molecule has 0 bridgehead atoms. The number of carbonyl (C=O) groups is 4. The van der Waals surface area contributed by atoms with Crippen LogP contribution in [-0.4, -0.2) is 88.6 Å². The standard InChI is InChI=1S/C12H22N4O6S2/c13-9(19)12(22)16(7(5-23)10(20)14-1-3-17)8(6-24)11(21)15-2-4-18/h7-8,17-18,23-24H,1-6H2,(H2,13,19)(H,14,20)(H,15,21). The second-order valence-corrected chi connectivity index (χ2v) is 5.23. The third kappa shape index (κ3) is 6.55. The lowest BCUT2D eigenvalue weighted by Gasteiger charge is -2.34. The summed E-state index contributed by atoms with van der Waals surface area (Å²) in [6, 6.07) is -2.56. The Morgan fingerprint density at radius 3 is 1.54 bits per heavy atom. The van der Waals surface area contributed by atoms with E-state index in [4.69, 9.17) is 15.9 Å². The van der Waals surface area contributed by atoms with E-state index in [0.717, 1.165) is 0 Å².